The van der Waals surface area contributed by atoms with Crippen molar-refractivity contribution < 1.29 is 4.74 Å². The van der Waals surface area contributed by atoms with Gasteiger partial charge in [0.1, 0.15) is 12.4 Å². The van der Waals surface area contributed by atoms with Crippen molar-refractivity contribution in [2.45, 2.75) is 6.61 Å². The van der Waals surface area contributed by atoms with Crippen molar-refractivity contribution >= 4 is 0 Å². The molecule has 0 bridgehead atoms. The van der Waals surface area contributed by atoms with Crippen LogP contribution in [-0.4, -0.2) is 9.55 Å². The predicted octanol–water partition coefficient (Wildman–Crippen LogP) is 1.12. The van der Waals surface area contributed by atoms with E-state index in [9.17, 15) is 4.79 Å². The first kappa shape index (κ1) is 8.23. The molecule has 0 atom stereocenters. The minimum Gasteiger partial charge on any atom is -0.483 e. The standard InChI is InChI=1S/C11H8N2O2/c14-11-5-6-13-8-3-1-2-4-9(8)15-7-10(13)12-11/h1-6H,7H2. The molecule has 2 heterocycles. The van der Waals surface area contributed by atoms with Crippen LogP contribution in [-0.2, 0) is 6.61 Å². The second-order valence-corrected chi connectivity index (χ2v) is 3.31. The van der Waals surface area contributed by atoms with Gasteiger partial charge < -0.3 is 4.74 Å². The summed E-state index contributed by atoms with van der Waals surface area (Å²) in [7, 11) is 0. The van der Waals surface area contributed by atoms with Crippen LogP contribution in [0.2, 0.25) is 0 Å². The van der Waals surface area contributed by atoms with Gasteiger partial charge in [-0.3, -0.25) is 9.36 Å². The molecule has 0 spiro atoms. The van der Waals surface area contributed by atoms with Gasteiger partial charge in [-0.25, -0.2) is 0 Å². The smallest absolute Gasteiger partial charge is 0.272 e. The molecule has 0 saturated heterocycles. The first-order chi connectivity index (χ1) is 7.34. The van der Waals surface area contributed by atoms with Crippen LogP contribution < -0.4 is 10.3 Å². The Balaban J connectivity index is 2.30. The van der Waals surface area contributed by atoms with Crippen molar-refractivity contribution in [3.8, 4) is 11.4 Å². The molecule has 1 aromatic heterocycles. The summed E-state index contributed by atoms with van der Waals surface area (Å²) in [5, 5.41) is 0. The quantitative estimate of drug-likeness (QED) is 0.640. The zero-order chi connectivity index (χ0) is 10.3. The molecule has 1 aromatic carbocycles. The lowest BCUT2D eigenvalue weighted by molar-refractivity contribution is 0.276. The highest BCUT2D eigenvalue weighted by Crippen LogP contribution is 2.27. The lowest BCUT2D eigenvalue weighted by Crippen LogP contribution is -2.21. The van der Waals surface area contributed by atoms with Crippen LogP contribution in [0.25, 0.3) is 5.69 Å². The second-order valence-electron chi connectivity index (χ2n) is 3.31. The third-order valence-electron chi connectivity index (χ3n) is 2.37. The second kappa shape index (κ2) is 2.95. The fourth-order valence-corrected chi connectivity index (χ4v) is 1.68. The summed E-state index contributed by atoms with van der Waals surface area (Å²) in [5.41, 5.74) is 0.690. The summed E-state index contributed by atoms with van der Waals surface area (Å²) in [6.07, 6.45) is 1.73. The first-order valence-corrected chi connectivity index (χ1v) is 4.65. The van der Waals surface area contributed by atoms with E-state index < -0.39 is 0 Å². The minimum atomic E-state index is -0.232. The molecule has 0 aliphatic carbocycles. The number of para-hydroxylation sites is 2. The summed E-state index contributed by atoms with van der Waals surface area (Å²) in [6, 6.07) is 9.13. The fraction of sp³-hybridized carbons (Fsp3) is 0.0909. The molecule has 0 N–H and O–H groups in total. The Hall–Kier alpha value is -2.10. The molecule has 0 amide bonds. The number of nitrogens with zero attached hydrogens (tertiary/aromatic N) is 2. The van der Waals surface area contributed by atoms with E-state index in [-0.39, 0.29) is 5.56 Å². The summed E-state index contributed by atoms with van der Waals surface area (Å²) < 4.78 is 7.36. The Morgan fingerprint density at radius 2 is 2.13 bits per heavy atom. The average molecular weight is 200 g/mol. The van der Waals surface area contributed by atoms with Crippen molar-refractivity contribution in [2.75, 3.05) is 0 Å². The monoisotopic (exact) mass is 200 g/mol. The van der Waals surface area contributed by atoms with Crippen LogP contribution in [0, 0.1) is 0 Å². The lowest BCUT2D eigenvalue weighted by atomic mass is 10.2. The number of hydrogen-bond acceptors (Lipinski definition) is 3. The molecule has 15 heavy (non-hydrogen) atoms. The van der Waals surface area contributed by atoms with Crippen molar-refractivity contribution in [1.82, 2.24) is 9.55 Å². The van der Waals surface area contributed by atoms with Gasteiger partial charge in [0.2, 0.25) is 0 Å². The first-order valence-electron chi connectivity index (χ1n) is 4.65. The molecule has 3 rings (SSSR count). The summed E-state index contributed by atoms with van der Waals surface area (Å²) in [6.45, 7) is 0.340. The molecule has 4 heteroatoms. The molecule has 74 valence electrons. The molecular formula is C11H8N2O2. The van der Waals surface area contributed by atoms with E-state index in [4.69, 9.17) is 4.74 Å². The summed E-state index contributed by atoms with van der Waals surface area (Å²) in [4.78, 5) is 15.0. The molecule has 0 saturated carbocycles. The molecule has 1 aliphatic rings. The van der Waals surface area contributed by atoms with Crippen LogP contribution in [0.15, 0.2) is 41.3 Å². The van der Waals surface area contributed by atoms with Crippen LogP contribution in [0.5, 0.6) is 5.75 Å². The topological polar surface area (TPSA) is 44.1 Å². The van der Waals surface area contributed by atoms with Gasteiger partial charge in [0.15, 0.2) is 5.82 Å². The van der Waals surface area contributed by atoms with E-state index in [2.05, 4.69) is 4.98 Å². The van der Waals surface area contributed by atoms with Gasteiger partial charge in [-0.1, -0.05) is 12.1 Å². The number of rotatable bonds is 0. The van der Waals surface area contributed by atoms with Gasteiger partial charge in [0.25, 0.3) is 5.56 Å². The summed E-state index contributed by atoms with van der Waals surface area (Å²) >= 11 is 0. The van der Waals surface area contributed by atoms with Gasteiger partial charge in [0, 0.05) is 12.3 Å². The van der Waals surface area contributed by atoms with Gasteiger partial charge in [0.05, 0.1) is 5.69 Å². The fourth-order valence-electron chi connectivity index (χ4n) is 1.68. The van der Waals surface area contributed by atoms with E-state index in [1.54, 1.807) is 6.20 Å². The van der Waals surface area contributed by atoms with Crippen molar-refractivity contribution in [1.29, 1.82) is 0 Å². The Morgan fingerprint density at radius 3 is 3.07 bits per heavy atom. The number of aromatic nitrogens is 2. The van der Waals surface area contributed by atoms with Crippen LogP contribution in [0.1, 0.15) is 5.82 Å². The Kier molecular flexibility index (Phi) is 1.62. The average Bonchev–Trinajstić information content (AvgIpc) is 2.28. The van der Waals surface area contributed by atoms with Crippen molar-refractivity contribution in [2.24, 2.45) is 0 Å². The lowest BCUT2D eigenvalue weighted by Gasteiger charge is -2.21. The van der Waals surface area contributed by atoms with E-state index in [0.29, 0.717) is 12.4 Å². The van der Waals surface area contributed by atoms with Crippen molar-refractivity contribution in [3.05, 3.63) is 52.7 Å². The SMILES string of the molecule is O=c1ccn2c(n1)COc1ccccc1-2. The minimum absolute atomic E-state index is 0.232. The normalized spacial score (nSPS) is 12.5. The van der Waals surface area contributed by atoms with Gasteiger partial charge in [-0.15, -0.1) is 0 Å². The Bertz CT molecular complexity index is 575. The van der Waals surface area contributed by atoms with Crippen LogP contribution in [0.4, 0.5) is 0 Å². The Labute approximate surface area is 85.8 Å². The third kappa shape index (κ3) is 1.22. The molecule has 4 nitrogen and oxygen atoms in total. The van der Waals surface area contributed by atoms with E-state index in [1.807, 2.05) is 28.8 Å². The number of hydrogen-bond donors (Lipinski definition) is 0. The Morgan fingerprint density at radius 1 is 1.27 bits per heavy atom. The number of ether oxygens (including phenoxy) is 1. The van der Waals surface area contributed by atoms with E-state index in [0.717, 1.165) is 11.4 Å². The van der Waals surface area contributed by atoms with Gasteiger partial charge >= 0.3 is 0 Å². The molecule has 0 fully saturated rings. The zero-order valence-electron chi connectivity index (χ0n) is 7.88. The van der Waals surface area contributed by atoms with Crippen LogP contribution in [0.3, 0.4) is 0 Å². The van der Waals surface area contributed by atoms with Gasteiger partial charge in [-0.2, -0.15) is 4.98 Å². The van der Waals surface area contributed by atoms with Crippen molar-refractivity contribution in [3.63, 3.8) is 0 Å². The summed E-state index contributed by atoms with van der Waals surface area (Å²) in [5.74, 6) is 1.46. The molecular weight excluding hydrogens is 192 g/mol. The zero-order valence-corrected chi connectivity index (χ0v) is 7.88. The molecule has 2 aromatic rings. The highest BCUT2D eigenvalue weighted by atomic mass is 16.5. The van der Waals surface area contributed by atoms with E-state index in [1.165, 1.54) is 6.07 Å². The van der Waals surface area contributed by atoms with Crippen LogP contribution >= 0.6 is 0 Å². The maximum Gasteiger partial charge on any atom is 0.272 e. The predicted molar refractivity (Wildman–Crippen MR) is 54.2 cm³/mol. The highest BCUT2D eigenvalue weighted by Gasteiger charge is 2.15. The maximum atomic E-state index is 11.1. The maximum absolute atomic E-state index is 11.1. The third-order valence-corrected chi connectivity index (χ3v) is 2.37. The number of benzene rings is 1. The highest BCUT2D eigenvalue weighted by molar-refractivity contribution is 5.48. The molecule has 0 unspecified atom stereocenters. The number of fused-ring (bicyclic) bond motifs is 3. The molecule has 1 aliphatic heterocycles. The molecule has 0 radical (unpaired) electrons. The van der Waals surface area contributed by atoms with E-state index >= 15 is 0 Å². The van der Waals surface area contributed by atoms with Gasteiger partial charge in [-0.05, 0) is 12.1 Å². The largest absolute Gasteiger partial charge is 0.483 e.